The van der Waals surface area contributed by atoms with Crippen LogP contribution in [0.1, 0.15) is 31.7 Å². The number of hydrogen-bond donors (Lipinski definition) is 3. The van der Waals surface area contributed by atoms with E-state index in [2.05, 4.69) is 5.32 Å². The molecule has 0 saturated carbocycles. The van der Waals surface area contributed by atoms with E-state index in [0.29, 0.717) is 32.2 Å². The van der Waals surface area contributed by atoms with Gasteiger partial charge in [-0.25, -0.2) is 4.79 Å². The molecule has 1 aliphatic rings. The van der Waals surface area contributed by atoms with Crippen molar-refractivity contribution in [2.75, 3.05) is 6.54 Å². The molecule has 1 fully saturated rings. The van der Waals surface area contributed by atoms with Crippen LogP contribution in [0.3, 0.4) is 0 Å². The molecule has 1 amide bonds. The van der Waals surface area contributed by atoms with Crippen molar-refractivity contribution in [1.82, 2.24) is 10.2 Å². The Bertz CT molecular complexity index is 623. The van der Waals surface area contributed by atoms with E-state index in [0.717, 1.165) is 5.56 Å². The molecule has 9 nitrogen and oxygen atoms in total. The van der Waals surface area contributed by atoms with E-state index in [1.165, 1.54) is 4.90 Å². The second-order valence-corrected chi connectivity index (χ2v) is 6.33. The van der Waals surface area contributed by atoms with Gasteiger partial charge >= 0.3 is 11.9 Å². The number of rotatable bonds is 8. The molecule has 0 spiro atoms. The minimum atomic E-state index is -1.02. The predicted octanol–water partition coefficient (Wildman–Crippen LogP) is -0.523. The van der Waals surface area contributed by atoms with Gasteiger partial charge in [-0.3, -0.25) is 14.9 Å². The molecule has 0 aromatic heterocycles. The highest BCUT2D eigenvalue weighted by Gasteiger charge is 2.36. The molecule has 2 rings (SSSR count). The highest BCUT2D eigenvalue weighted by atomic mass is 16.4. The lowest BCUT2D eigenvalue weighted by molar-refractivity contribution is -0.149. The molecule has 3 atom stereocenters. The molecule has 7 N–H and O–H groups in total. The fourth-order valence-electron chi connectivity index (χ4n) is 3.14. The Hall–Kier alpha value is -2.49. The first-order valence-electron chi connectivity index (χ1n) is 8.46. The van der Waals surface area contributed by atoms with Crippen LogP contribution in [0.25, 0.3) is 0 Å². The van der Waals surface area contributed by atoms with E-state index in [-0.39, 0.29) is 16.9 Å². The zero-order valence-corrected chi connectivity index (χ0v) is 15.2. The van der Waals surface area contributed by atoms with Gasteiger partial charge in [0.1, 0.15) is 12.1 Å². The van der Waals surface area contributed by atoms with Crippen LogP contribution in [0.15, 0.2) is 30.3 Å². The van der Waals surface area contributed by atoms with Gasteiger partial charge in [0, 0.05) is 6.54 Å². The van der Waals surface area contributed by atoms with Gasteiger partial charge in [-0.15, -0.1) is 0 Å². The van der Waals surface area contributed by atoms with Crippen molar-refractivity contribution in [3.63, 3.8) is 0 Å². The lowest BCUT2D eigenvalue weighted by atomic mass is 10.0. The highest BCUT2D eigenvalue weighted by molar-refractivity contribution is 5.88. The van der Waals surface area contributed by atoms with Gasteiger partial charge in [-0.1, -0.05) is 30.3 Å². The summed E-state index contributed by atoms with van der Waals surface area (Å²) < 4.78 is 0. The fraction of sp³-hybridized carbons (Fsp3) is 0.500. The van der Waals surface area contributed by atoms with E-state index in [1.807, 2.05) is 30.3 Å². The molecule has 0 aliphatic carbocycles. The Kier molecular flexibility index (Phi) is 10.2. The number of hydrogen-bond acceptors (Lipinski definition) is 4. The van der Waals surface area contributed by atoms with Crippen LogP contribution in [0.4, 0.5) is 0 Å². The molecule has 152 valence electrons. The standard InChI is InChI=1S/C18H24N2O5.2H2O/c1-12(16(21)20-11-5-8-15(20)18(24)25)19-14(17(22)23)10-9-13-6-3-2-4-7-13;;/h2-4,6-7,12,14-15,19H,5,8-11H2,1H3,(H,22,23)(H,24,25);2*1H2/t12-,14?,15-;;/m0../s1. The number of aliphatic carboxylic acids is 2. The number of nitrogens with one attached hydrogen (secondary N) is 1. The first-order valence-corrected chi connectivity index (χ1v) is 8.46. The number of carbonyl (C=O) groups is 3. The van der Waals surface area contributed by atoms with Crippen molar-refractivity contribution in [2.45, 2.75) is 50.7 Å². The monoisotopic (exact) mass is 384 g/mol. The smallest absolute Gasteiger partial charge is 0.326 e. The molecule has 0 radical (unpaired) electrons. The van der Waals surface area contributed by atoms with Gasteiger partial charge in [0.15, 0.2) is 0 Å². The van der Waals surface area contributed by atoms with Crippen molar-refractivity contribution in [3.8, 4) is 0 Å². The van der Waals surface area contributed by atoms with Gasteiger partial charge in [0.05, 0.1) is 6.04 Å². The zero-order valence-electron chi connectivity index (χ0n) is 15.2. The summed E-state index contributed by atoms with van der Waals surface area (Å²) in [4.78, 5) is 36.5. The minimum absolute atomic E-state index is 0. The molecule has 1 aromatic rings. The summed E-state index contributed by atoms with van der Waals surface area (Å²) in [5.74, 6) is -2.40. The molecule has 9 heteroatoms. The quantitative estimate of drug-likeness (QED) is 0.544. The SMILES string of the molecule is C[C@H](NC(CCc1ccccc1)C(=O)O)C(=O)N1CCC[C@H]1C(=O)O.O.O. The minimum Gasteiger partial charge on any atom is -0.480 e. The maximum absolute atomic E-state index is 12.5. The second-order valence-electron chi connectivity index (χ2n) is 6.33. The van der Waals surface area contributed by atoms with Crippen LogP contribution in [-0.4, -0.2) is 68.6 Å². The predicted molar refractivity (Wildman–Crippen MR) is 98.4 cm³/mol. The molecule has 1 aromatic carbocycles. The van der Waals surface area contributed by atoms with Crippen LogP contribution < -0.4 is 5.32 Å². The Labute approximate surface area is 157 Å². The highest BCUT2D eigenvalue weighted by Crippen LogP contribution is 2.18. The lowest BCUT2D eigenvalue weighted by Gasteiger charge is -2.27. The molecule has 1 saturated heterocycles. The summed E-state index contributed by atoms with van der Waals surface area (Å²) in [6.45, 7) is 1.97. The van der Waals surface area contributed by atoms with Gasteiger partial charge in [-0.2, -0.15) is 0 Å². The number of benzene rings is 1. The number of aryl methyl sites for hydroxylation is 1. The number of carboxylic acids is 2. The number of likely N-dealkylation sites (tertiary alicyclic amines) is 1. The third kappa shape index (κ3) is 6.63. The zero-order chi connectivity index (χ0) is 18.4. The van der Waals surface area contributed by atoms with Gasteiger partial charge < -0.3 is 26.1 Å². The molecule has 1 unspecified atom stereocenters. The molecular weight excluding hydrogens is 356 g/mol. The summed E-state index contributed by atoms with van der Waals surface area (Å²) in [5.41, 5.74) is 1.03. The van der Waals surface area contributed by atoms with E-state index in [9.17, 15) is 24.6 Å². The summed E-state index contributed by atoms with van der Waals surface area (Å²) in [7, 11) is 0. The fourth-order valence-corrected chi connectivity index (χ4v) is 3.14. The molecule has 0 bridgehead atoms. The summed E-state index contributed by atoms with van der Waals surface area (Å²) in [5, 5.41) is 21.4. The van der Waals surface area contributed by atoms with Crippen molar-refractivity contribution < 1.29 is 35.5 Å². The van der Waals surface area contributed by atoms with E-state index in [4.69, 9.17) is 0 Å². The number of amides is 1. The van der Waals surface area contributed by atoms with E-state index >= 15 is 0 Å². The molecule has 27 heavy (non-hydrogen) atoms. The van der Waals surface area contributed by atoms with Crippen molar-refractivity contribution >= 4 is 17.8 Å². The molecular formula is C18H28N2O7. The van der Waals surface area contributed by atoms with Gasteiger partial charge in [0.25, 0.3) is 0 Å². The average Bonchev–Trinajstić information content (AvgIpc) is 3.08. The third-order valence-electron chi connectivity index (χ3n) is 4.51. The Morgan fingerprint density at radius 1 is 1.19 bits per heavy atom. The van der Waals surface area contributed by atoms with Crippen LogP contribution in [0.2, 0.25) is 0 Å². The van der Waals surface area contributed by atoms with Crippen LogP contribution >= 0.6 is 0 Å². The lowest BCUT2D eigenvalue weighted by Crippen LogP contribution is -2.53. The maximum atomic E-state index is 12.5. The van der Waals surface area contributed by atoms with Crippen molar-refractivity contribution in [2.24, 2.45) is 0 Å². The van der Waals surface area contributed by atoms with Crippen molar-refractivity contribution in [3.05, 3.63) is 35.9 Å². The summed E-state index contributed by atoms with van der Waals surface area (Å²) in [6, 6.07) is 7.09. The van der Waals surface area contributed by atoms with Gasteiger partial charge in [-0.05, 0) is 38.2 Å². The van der Waals surface area contributed by atoms with Crippen LogP contribution in [0.5, 0.6) is 0 Å². The average molecular weight is 384 g/mol. The second kappa shape index (κ2) is 11.3. The van der Waals surface area contributed by atoms with Crippen LogP contribution in [0, 0.1) is 0 Å². The molecule has 1 aliphatic heterocycles. The maximum Gasteiger partial charge on any atom is 0.326 e. The summed E-state index contributed by atoms with van der Waals surface area (Å²) in [6.07, 6.45) is 2.00. The normalized spacial score (nSPS) is 18.0. The Balaban J connectivity index is 0.00000338. The Morgan fingerprint density at radius 2 is 1.81 bits per heavy atom. The third-order valence-corrected chi connectivity index (χ3v) is 4.51. The topological polar surface area (TPSA) is 170 Å². The largest absolute Gasteiger partial charge is 0.480 e. The van der Waals surface area contributed by atoms with E-state index < -0.39 is 30.1 Å². The summed E-state index contributed by atoms with van der Waals surface area (Å²) >= 11 is 0. The first kappa shape index (κ1) is 24.5. The Morgan fingerprint density at radius 3 is 2.37 bits per heavy atom. The molecule has 1 heterocycles. The van der Waals surface area contributed by atoms with Gasteiger partial charge in [0.2, 0.25) is 5.91 Å². The number of nitrogens with zero attached hydrogens (tertiary/aromatic N) is 1. The number of carboxylic acid groups (broad SMARTS) is 2. The van der Waals surface area contributed by atoms with Crippen molar-refractivity contribution in [1.29, 1.82) is 0 Å². The first-order chi connectivity index (χ1) is 11.9. The number of carbonyl (C=O) groups excluding carboxylic acids is 1. The van der Waals surface area contributed by atoms with E-state index in [1.54, 1.807) is 6.92 Å². The van der Waals surface area contributed by atoms with Crippen LogP contribution in [-0.2, 0) is 20.8 Å².